The summed E-state index contributed by atoms with van der Waals surface area (Å²) in [7, 11) is 1.86. The average Bonchev–Trinajstić information content (AvgIpc) is 2.51. The van der Waals surface area contributed by atoms with E-state index in [1.54, 1.807) is 23.9 Å². The lowest BCUT2D eigenvalue weighted by atomic mass is 10.2. The van der Waals surface area contributed by atoms with Crippen LogP contribution in [0.4, 0.5) is 10.1 Å². The van der Waals surface area contributed by atoms with Crippen molar-refractivity contribution in [3.8, 4) is 0 Å². The minimum atomic E-state index is -0.289. The summed E-state index contributed by atoms with van der Waals surface area (Å²) >= 11 is 4.76. The molecule has 0 aromatic heterocycles. The highest BCUT2D eigenvalue weighted by Crippen LogP contribution is 2.24. The summed E-state index contributed by atoms with van der Waals surface area (Å²) in [6.07, 6.45) is 1.98. The predicted octanol–water partition coefficient (Wildman–Crippen LogP) is 4.38. The van der Waals surface area contributed by atoms with Crippen molar-refractivity contribution < 1.29 is 9.18 Å². The predicted molar refractivity (Wildman–Crippen MR) is 97.3 cm³/mol. The minimum Gasteiger partial charge on any atom is -0.324 e. The molecule has 0 unspecified atom stereocenters. The van der Waals surface area contributed by atoms with Crippen LogP contribution >= 0.6 is 27.7 Å². The number of para-hydroxylation sites is 1. The van der Waals surface area contributed by atoms with Crippen LogP contribution in [0.2, 0.25) is 0 Å². The number of nitrogens with zero attached hydrogens (tertiary/aromatic N) is 1. The Morgan fingerprint density at radius 2 is 2.04 bits per heavy atom. The first-order chi connectivity index (χ1) is 11.0. The highest BCUT2D eigenvalue weighted by molar-refractivity contribution is 9.10. The molecule has 0 saturated carbocycles. The van der Waals surface area contributed by atoms with Gasteiger partial charge in [-0.15, -0.1) is 11.8 Å². The Balaban J connectivity index is 1.93. The molecule has 0 heterocycles. The molecular weight excluding hydrogens is 379 g/mol. The third-order valence-electron chi connectivity index (χ3n) is 3.23. The quantitative estimate of drug-likeness (QED) is 0.735. The number of hydrogen-bond acceptors (Lipinski definition) is 3. The second-order valence-corrected chi connectivity index (χ2v) is 6.87. The number of nitrogens with one attached hydrogen (secondary N) is 1. The van der Waals surface area contributed by atoms with Gasteiger partial charge in [0.05, 0.1) is 16.7 Å². The normalized spacial score (nSPS) is 10.8. The fourth-order valence-electron chi connectivity index (χ4n) is 2.19. The molecule has 0 aliphatic rings. The molecule has 3 nitrogen and oxygen atoms in total. The molecule has 0 atom stereocenters. The van der Waals surface area contributed by atoms with Crippen LogP contribution in [0.25, 0.3) is 0 Å². The van der Waals surface area contributed by atoms with E-state index in [4.69, 9.17) is 0 Å². The van der Waals surface area contributed by atoms with E-state index in [2.05, 4.69) is 21.2 Å². The van der Waals surface area contributed by atoms with Crippen molar-refractivity contribution in [2.45, 2.75) is 11.4 Å². The Bertz CT molecular complexity index is 696. The van der Waals surface area contributed by atoms with Gasteiger partial charge in [-0.25, -0.2) is 4.39 Å². The molecular formula is C17H18BrFN2OS. The second-order valence-electron chi connectivity index (χ2n) is 5.17. The van der Waals surface area contributed by atoms with Crippen molar-refractivity contribution in [3.05, 3.63) is 58.3 Å². The molecule has 1 N–H and O–H groups in total. The fraction of sp³-hybridized carbons (Fsp3) is 0.235. The SMILES string of the molecule is CSc1ccccc1NC(=O)CN(C)Cc1ccc(F)c(Br)c1. The van der Waals surface area contributed by atoms with Crippen molar-refractivity contribution in [2.75, 3.05) is 25.2 Å². The van der Waals surface area contributed by atoms with Gasteiger partial charge in [0.2, 0.25) is 5.91 Å². The van der Waals surface area contributed by atoms with E-state index in [1.165, 1.54) is 6.07 Å². The smallest absolute Gasteiger partial charge is 0.238 e. The van der Waals surface area contributed by atoms with Gasteiger partial charge in [-0.05, 0) is 59.1 Å². The van der Waals surface area contributed by atoms with Gasteiger partial charge >= 0.3 is 0 Å². The summed E-state index contributed by atoms with van der Waals surface area (Å²) in [6, 6.07) is 12.6. The van der Waals surface area contributed by atoms with Crippen LogP contribution < -0.4 is 5.32 Å². The van der Waals surface area contributed by atoms with Crippen LogP contribution in [0, 0.1) is 5.82 Å². The molecule has 2 aromatic carbocycles. The Hall–Kier alpha value is -1.37. The van der Waals surface area contributed by atoms with Gasteiger partial charge in [0.25, 0.3) is 0 Å². The summed E-state index contributed by atoms with van der Waals surface area (Å²) in [5.74, 6) is -0.363. The Morgan fingerprint density at radius 3 is 2.74 bits per heavy atom. The first-order valence-corrected chi connectivity index (χ1v) is 9.06. The van der Waals surface area contributed by atoms with E-state index in [-0.39, 0.29) is 18.3 Å². The van der Waals surface area contributed by atoms with E-state index >= 15 is 0 Å². The van der Waals surface area contributed by atoms with Gasteiger partial charge in [-0.1, -0.05) is 18.2 Å². The number of amides is 1. The maximum Gasteiger partial charge on any atom is 0.238 e. The highest BCUT2D eigenvalue weighted by Gasteiger charge is 2.10. The van der Waals surface area contributed by atoms with Gasteiger partial charge in [-0.3, -0.25) is 9.69 Å². The first kappa shape index (κ1) is 18.0. The van der Waals surface area contributed by atoms with Gasteiger partial charge in [0.15, 0.2) is 0 Å². The zero-order chi connectivity index (χ0) is 16.8. The van der Waals surface area contributed by atoms with E-state index < -0.39 is 0 Å². The maximum atomic E-state index is 13.2. The highest BCUT2D eigenvalue weighted by atomic mass is 79.9. The van der Waals surface area contributed by atoms with Crippen LogP contribution in [0.15, 0.2) is 51.8 Å². The average molecular weight is 397 g/mol. The molecule has 0 aliphatic heterocycles. The molecule has 2 rings (SSSR count). The van der Waals surface area contributed by atoms with Gasteiger partial charge < -0.3 is 5.32 Å². The lowest BCUT2D eigenvalue weighted by Gasteiger charge is -2.17. The molecule has 0 fully saturated rings. The molecule has 0 aliphatic carbocycles. The summed E-state index contributed by atoms with van der Waals surface area (Å²) < 4.78 is 13.7. The summed E-state index contributed by atoms with van der Waals surface area (Å²) in [5, 5.41) is 2.93. The van der Waals surface area contributed by atoms with E-state index in [1.807, 2.05) is 42.5 Å². The van der Waals surface area contributed by atoms with Crippen LogP contribution in [-0.4, -0.2) is 30.7 Å². The number of anilines is 1. The van der Waals surface area contributed by atoms with E-state index in [0.29, 0.717) is 11.0 Å². The number of rotatable bonds is 6. The van der Waals surface area contributed by atoms with E-state index in [0.717, 1.165) is 16.1 Å². The summed E-state index contributed by atoms with van der Waals surface area (Å²) in [5.41, 5.74) is 1.76. The first-order valence-electron chi connectivity index (χ1n) is 7.05. The zero-order valence-corrected chi connectivity index (χ0v) is 15.4. The van der Waals surface area contributed by atoms with Crippen LogP contribution in [0.1, 0.15) is 5.56 Å². The third kappa shape index (κ3) is 5.34. The summed E-state index contributed by atoms with van der Waals surface area (Å²) in [6.45, 7) is 0.828. The van der Waals surface area contributed by atoms with Crippen molar-refractivity contribution in [3.63, 3.8) is 0 Å². The second kappa shape index (κ2) is 8.47. The standard InChI is InChI=1S/C17H18BrFN2OS/c1-21(10-12-7-8-14(19)13(18)9-12)11-17(22)20-15-5-3-4-6-16(15)23-2/h3-9H,10-11H2,1-2H3,(H,20,22). The van der Waals surface area contributed by atoms with Crippen LogP contribution in [0.3, 0.4) is 0 Å². The van der Waals surface area contributed by atoms with Gasteiger partial charge in [0.1, 0.15) is 5.82 Å². The number of carbonyl (C=O) groups is 1. The number of hydrogen-bond donors (Lipinski definition) is 1. The van der Waals surface area contributed by atoms with Gasteiger partial charge in [0, 0.05) is 11.4 Å². The van der Waals surface area contributed by atoms with Crippen LogP contribution in [-0.2, 0) is 11.3 Å². The fourth-order valence-corrected chi connectivity index (χ4v) is 3.17. The topological polar surface area (TPSA) is 32.3 Å². The molecule has 2 aromatic rings. The lowest BCUT2D eigenvalue weighted by Crippen LogP contribution is -2.30. The Labute approximate surface area is 148 Å². The lowest BCUT2D eigenvalue weighted by molar-refractivity contribution is -0.117. The van der Waals surface area contributed by atoms with E-state index in [9.17, 15) is 9.18 Å². The van der Waals surface area contributed by atoms with Gasteiger partial charge in [-0.2, -0.15) is 0 Å². The molecule has 0 spiro atoms. The van der Waals surface area contributed by atoms with Crippen molar-refractivity contribution >= 4 is 39.3 Å². The molecule has 0 bridgehead atoms. The van der Waals surface area contributed by atoms with Crippen molar-refractivity contribution in [1.82, 2.24) is 4.90 Å². The molecule has 0 radical (unpaired) electrons. The third-order valence-corrected chi connectivity index (χ3v) is 4.63. The van der Waals surface area contributed by atoms with Crippen LogP contribution in [0.5, 0.6) is 0 Å². The zero-order valence-electron chi connectivity index (χ0n) is 13.0. The molecule has 6 heteroatoms. The monoisotopic (exact) mass is 396 g/mol. The Kier molecular flexibility index (Phi) is 6.62. The molecule has 23 heavy (non-hydrogen) atoms. The minimum absolute atomic E-state index is 0.0739. The number of likely N-dealkylation sites (N-methyl/N-ethyl adjacent to an activating group) is 1. The maximum absolute atomic E-state index is 13.2. The van der Waals surface area contributed by atoms with Crippen molar-refractivity contribution in [1.29, 1.82) is 0 Å². The largest absolute Gasteiger partial charge is 0.324 e. The summed E-state index contributed by atoms with van der Waals surface area (Å²) in [4.78, 5) is 15.1. The number of halogens is 2. The number of carbonyl (C=O) groups excluding carboxylic acids is 1. The number of thioether (sulfide) groups is 1. The molecule has 1 amide bonds. The molecule has 122 valence electrons. The van der Waals surface area contributed by atoms with Crippen molar-refractivity contribution in [2.24, 2.45) is 0 Å². The molecule has 0 saturated heterocycles. The number of benzene rings is 2. The Morgan fingerprint density at radius 1 is 1.30 bits per heavy atom.